The third-order valence-corrected chi connectivity index (χ3v) is 37.6. The normalized spacial score (nSPS) is 29.5. The largest absolute Gasteiger partial charge is 0.460 e. The fourth-order valence-corrected chi connectivity index (χ4v) is 29.1. The van der Waals surface area contributed by atoms with Crippen molar-refractivity contribution in [2.24, 2.45) is 28.1 Å². The van der Waals surface area contributed by atoms with Gasteiger partial charge in [0.15, 0.2) is 0 Å². The molecule has 0 saturated heterocycles. The Balaban J connectivity index is 0.000000207. The Hall–Kier alpha value is -4.51. The molecule has 6 aliphatic heterocycles. The number of nitrogen functional groups attached to an aromatic ring is 1. The number of fused-ring (bicyclic) bond motifs is 3. The summed E-state index contributed by atoms with van der Waals surface area (Å²) in [4.78, 5) is 66.3. The molecule has 0 saturated carbocycles. The molecular formula is C69H103Br2F3N10O9S3Si. The Labute approximate surface area is 592 Å². The summed E-state index contributed by atoms with van der Waals surface area (Å²) in [6.45, 7) is 40.2. The van der Waals surface area contributed by atoms with Gasteiger partial charge in [-0.25, -0.2) is 53.8 Å². The number of nitrogens with zero attached hydrogens (tertiary/aromatic N) is 9. The van der Waals surface area contributed by atoms with E-state index in [9.17, 15) is 35.8 Å². The van der Waals surface area contributed by atoms with Gasteiger partial charge in [0, 0.05) is 36.8 Å². The molecule has 9 atom stereocenters. The van der Waals surface area contributed by atoms with Gasteiger partial charge in [0.1, 0.15) is 83.0 Å². The number of hydrogen-bond acceptors (Lipinski definition) is 19. The first-order chi connectivity index (χ1) is 44.4. The number of carbonyl (C=O) groups is 3. The number of ether oxygens (including phenoxy) is 3. The lowest BCUT2D eigenvalue weighted by Gasteiger charge is -2.49. The molecule has 0 aromatic carbocycles. The fourth-order valence-electron chi connectivity index (χ4n) is 14.5. The zero-order valence-corrected chi connectivity index (χ0v) is 67.2. The summed E-state index contributed by atoms with van der Waals surface area (Å²) in [5.74, 6) is -2.66. The molecule has 0 bridgehead atoms. The second-order valence-electron chi connectivity index (χ2n) is 31.1. The zero-order chi connectivity index (χ0) is 73.1. The van der Waals surface area contributed by atoms with Crippen molar-refractivity contribution < 1.29 is 54.4 Å². The van der Waals surface area contributed by atoms with E-state index in [0.717, 1.165) is 42.6 Å². The van der Waals surface area contributed by atoms with E-state index in [1.165, 1.54) is 24.3 Å². The summed E-state index contributed by atoms with van der Waals surface area (Å²) in [6, 6.07) is 10.0. The molecule has 0 aliphatic carbocycles. The molecule has 9 heterocycles. The average molecular weight is 1560 g/mol. The van der Waals surface area contributed by atoms with Gasteiger partial charge in [-0.05, 0) is 231 Å². The van der Waals surface area contributed by atoms with Crippen LogP contribution < -0.4 is 10.9 Å². The molecule has 0 fully saturated rings. The number of hydrogen-bond donors (Lipinski definition) is 1. The molecular weight excluding hydrogens is 1450 g/mol. The van der Waals surface area contributed by atoms with Crippen molar-refractivity contribution in [1.29, 1.82) is 0 Å². The van der Waals surface area contributed by atoms with Crippen LogP contribution in [0.25, 0.3) is 0 Å². The topological polar surface area (TPSA) is 269 Å². The summed E-state index contributed by atoms with van der Waals surface area (Å²) in [5, 5.41) is -0.824. The van der Waals surface area contributed by atoms with E-state index in [4.69, 9.17) is 39.3 Å². The van der Waals surface area contributed by atoms with Crippen LogP contribution in [-0.2, 0) is 74.4 Å². The first-order valence-electron chi connectivity index (χ1n) is 33.6. The van der Waals surface area contributed by atoms with E-state index >= 15 is 4.39 Å². The molecule has 0 amide bonds. The number of carbonyl (C=O) groups excluding carboxylic acids is 3. The van der Waals surface area contributed by atoms with Crippen molar-refractivity contribution in [3.05, 3.63) is 74.1 Å². The Morgan fingerprint density at radius 3 is 1.15 bits per heavy atom. The average Bonchev–Trinajstić information content (AvgIpc) is 0.715. The van der Waals surface area contributed by atoms with E-state index in [1.54, 1.807) is 69.2 Å². The molecule has 3 aromatic heterocycles. The second kappa shape index (κ2) is 28.4. The molecule has 6 aliphatic rings. The monoisotopic (exact) mass is 1550 g/mol. The minimum Gasteiger partial charge on any atom is -0.460 e. The molecule has 28 heteroatoms. The van der Waals surface area contributed by atoms with Crippen LogP contribution in [-0.4, -0.2) is 137 Å². The first-order valence-corrected chi connectivity index (χ1v) is 42.6. The van der Waals surface area contributed by atoms with Crippen LogP contribution in [0.3, 0.4) is 0 Å². The van der Waals surface area contributed by atoms with Gasteiger partial charge in [-0.3, -0.25) is 29.4 Å². The van der Waals surface area contributed by atoms with E-state index in [1.807, 2.05) is 61.5 Å². The number of nitrogens with two attached hydrogens (primary N) is 1. The smallest absolute Gasteiger partial charge is 0.312 e. The van der Waals surface area contributed by atoms with Gasteiger partial charge in [0.25, 0.3) is 0 Å². The highest BCUT2D eigenvalue weighted by molar-refractivity contribution is 9.10. The van der Waals surface area contributed by atoms with Crippen LogP contribution in [0.15, 0.2) is 67.6 Å². The summed E-state index contributed by atoms with van der Waals surface area (Å²) >= 11 is 6.86. The standard InChI is InChI=1S/C27H43BrFN3O3SSi.C21H29BrFN3O3S.C21H31FN4O3S/c1-10-37(11-2,12-3)18-16-21(28)31-24(23(18)29)27(9)20-14-13-15-30-36(20,34)26(7,8)19(32-27)17-22(33)35-25(4,5)6;1-19(2,3)29-17(27)12-14-20(4,5)30(28)15(8-7-11-24-30)21(6,26-14)18-13(23)9-10-16(22)25-18;1-19(2,3)29-17(27)12-14-20(4,5)30(28)15(8-7-11-24-30)21(6,26-14)18-13(22)9-10-16(23)25-18/h16,20H,10-15,17H2,1-9H3;9-10,15H,7-8,11-12H2,1-6H3;9-10,15H,7-8,11-12H2,1-6H3,(H2,23,25)/t20-,27+,36-;2*15-,21+,30-/m111/s1. The Bertz CT molecular complexity index is 3910. The van der Waals surface area contributed by atoms with Crippen molar-refractivity contribution in [2.75, 3.05) is 25.4 Å². The number of rotatable bonds is 13. The second-order valence-corrected chi connectivity index (χ2v) is 46.9. The van der Waals surface area contributed by atoms with Gasteiger partial charge in [-0.15, -0.1) is 0 Å². The lowest BCUT2D eigenvalue weighted by molar-refractivity contribution is -0.154. The highest BCUT2D eigenvalue weighted by Crippen LogP contribution is 2.52. The minimum atomic E-state index is -2.92. The molecule has 0 spiro atoms. The fraction of sp³-hybridized carbons (Fsp3) is 0.696. The Kier molecular flexibility index (Phi) is 23.3. The summed E-state index contributed by atoms with van der Waals surface area (Å²) in [5.41, 5.74) is 1.74. The molecule has 2 N–H and O–H groups in total. The van der Waals surface area contributed by atoms with E-state index in [2.05, 4.69) is 76.3 Å². The van der Waals surface area contributed by atoms with Crippen molar-refractivity contribution in [3.8, 4) is 0 Å². The summed E-state index contributed by atoms with van der Waals surface area (Å²) < 4.78 is 118. The van der Waals surface area contributed by atoms with Crippen molar-refractivity contribution in [3.63, 3.8) is 0 Å². The SMILES string of the molecule is CC(C)(C)OC(=O)CC1=N[C@](C)(c2nc(Br)ccc2F)[C@H]2CCCN=[S@]2(=O)C1(C)C.CC(C)(C)OC(=O)CC1=N[C@](C)(c2nc(N)ccc2F)[C@H]2CCCN=[S@]2(=O)C1(C)C.CC[Si](CC)(CC)c1cc(Br)nc([C@@]2(C)N=C(CC(=O)OC(C)(C)C)C(C)(C)[S@@]3(=O)=NCCC[C@H]23)c1F. The predicted octanol–water partition coefficient (Wildman–Crippen LogP) is 14.9. The molecule has 19 nitrogen and oxygen atoms in total. The van der Waals surface area contributed by atoms with Crippen LogP contribution >= 0.6 is 31.9 Å². The number of esters is 3. The maximum atomic E-state index is 16.7. The maximum absolute atomic E-state index is 16.7. The molecule has 9 rings (SSSR count). The van der Waals surface area contributed by atoms with Crippen LogP contribution in [0.4, 0.5) is 19.0 Å². The quantitative estimate of drug-likeness (QED) is 0.0722. The predicted molar refractivity (Wildman–Crippen MR) is 393 cm³/mol. The van der Waals surface area contributed by atoms with Gasteiger partial charge in [-0.1, -0.05) is 38.9 Å². The lowest BCUT2D eigenvalue weighted by Crippen LogP contribution is -2.59. The number of pyridine rings is 3. The third-order valence-electron chi connectivity index (χ3n) is 20.0. The molecule has 97 heavy (non-hydrogen) atoms. The van der Waals surface area contributed by atoms with Crippen molar-refractivity contribution in [1.82, 2.24) is 15.0 Å². The van der Waals surface area contributed by atoms with Gasteiger partial charge in [0.05, 0.1) is 86.5 Å². The van der Waals surface area contributed by atoms with Crippen molar-refractivity contribution in [2.45, 2.75) is 285 Å². The number of halogens is 5. The maximum Gasteiger partial charge on any atom is 0.312 e. The lowest BCUT2D eigenvalue weighted by atomic mass is 9.87. The number of aromatic nitrogens is 3. The first kappa shape index (κ1) is 79.8. The van der Waals surface area contributed by atoms with Gasteiger partial charge < -0.3 is 19.9 Å². The minimum absolute atomic E-state index is 0.0366. The van der Waals surface area contributed by atoms with Gasteiger partial charge >= 0.3 is 17.9 Å². The van der Waals surface area contributed by atoms with Gasteiger partial charge in [-0.2, -0.15) is 0 Å². The molecule has 3 aromatic rings. The van der Waals surface area contributed by atoms with Crippen LogP contribution in [0.1, 0.15) is 220 Å². The van der Waals surface area contributed by atoms with Crippen LogP contribution in [0.2, 0.25) is 18.1 Å². The third kappa shape index (κ3) is 15.5. The molecule has 0 unspecified atom stereocenters. The molecule has 540 valence electrons. The van der Waals surface area contributed by atoms with E-state index in [-0.39, 0.29) is 48.0 Å². The summed E-state index contributed by atoms with van der Waals surface area (Å²) in [7, 11) is -10.8. The molecule has 0 radical (unpaired) electrons. The van der Waals surface area contributed by atoms with E-state index < -0.39 is 130 Å². The van der Waals surface area contributed by atoms with Crippen LogP contribution in [0, 0.1) is 17.5 Å². The van der Waals surface area contributed by atoms with E-state index in [0.29, 0.717) is 65.2 Å². The number of anilines is 1. The highest BCUT2D eigenvalue weighted by atomic mass is 79.9. The zero-order valence-electron chi connectivity index (χ0n) is 60.6. The van der Waals surface area contributed by atoms with Crippen molar-refractivity contribution >= 4 is 115 Å². The van der Waals surface area contributed by atoms with Gasteiger partial charge in [0.2, 0.25) is 0 Å². The summed E-state index contributed by atoms with van der Waals surface area (Å²) in [6.07, 6.45) is 3.60. The number of aliphatic imine (C=N–C) groups is 3. The van der Waals surface area contributed by atoms with Crippen LogP contribution in [0.5, 0.6) is 0 Å². The highest BCUT2D eigenvalue weighted by Gasteiger charge is 2.61. The Morgan fingerprint density at radius 2 is 0.825 bits per heavy atom. The Morgan fingerprint density at radius 1 is 0.515 bits per heavy atom.